The molecule has 2 nitrogen and oxygen atoms in total. The molecule has 1 N–H and O–H groups in total. The van der Waals surface area contributed by atoms with Crippen LogP contribution in [0.25, 0.3) is 0 Å². The number of methoxy groups -OCH3 is 1. The molecule has 0 aromatic heterocycles. The molecule has 18 heavy (non-hydrogen) atoms. The van der Waals surface area contributed by atoms with Gasteiger partial charge in [-0.2, -0.15) is 13.2 Å². The minimum atomic E-state index is -4.37. The Bertz CT molecular complexity index is 411. The second-order valence-electron chi connectivity index (χ2n) is 4.45. The maximum Gasteiger partial charge on any atom is 0.419 e. The van der Waals surface area contributed by atoms with Crippen LogP contribution in [0.4, 0.5) is 13.2 Å². The van der Waals surface area contributed by atoms with Gasteiger partial charge in [-0.15, -0.1) is 0 Å². The smallest absolute Gasteiger partial charge is 0.419 e. The number of hydrogen-bond acceptors (Lipinski definition) is 2. The molecule has 0 aliphatic carbocycles. The number of hydrogen-bond donors (Lipinski definition) is 1. The summed E-state index contributed by atoms with van der Waals surface area (Å²) in [7, 11) is 1.30. The maximum atomic E-state index is 12.9. The van der Waals surface area contributed by atoms with E-state index in [1.54, 1.807) is 6.07 Å². The summed E-state index contributed by atoms with van der Waals surface area (Å²) >= 11 is 0. The van der Waals surface area contributed by atoms with Gasteiger partial charge in [-0.25, -0.2) is 0 Å². The fourth-order valence-corrected chi connectivity index (χ4v) is 2.46. The molecule has 5 heteroatoms. The van der Waals surface area contributed by atoms with Gasteiger partial charge in [0.15, 0.2) is 0 Å². The first-order valence-corrected chi connectivity index (χ1v) is 5.99. The summed E-state index contributed by atoms with van der Waals surface area (Å²) in [6, 6.07) is 4.27. The zero-order valence-corrected chi connectivity index (χ0v) is 10.2. The summed E-state index contributed by atoms with van der Waals surface area (Å²) in [5.41, 5.74) is -0.00476. The van der Waals surface area contributed by atoms with E-state index in [0.717, 1.165) is 32.0 Å². The van der Waals surface area contributed by atoms with Gasteiger partial charge < -0.3 is 10.1 Å². The first kappa shape index (κ1) is 13.2. The highest BCUT2D eigenvalue weighted by atomic mass is 19.4. The highest BCUT2D eigenvalue weighted by molar-refractivity contribution is 5.45. The number of para-hydroxylation sites is 1. The Hall–Kier alpha value is -1.23. The zero-order valence-electron chi connectivity index (χ0n) is 10.2. The quantitative estimate of drug-likeness (QED) is 0.880. The molecule has 0 bridgehead atoms. The van der Waals surface area contributed by atoms with E-state index in [9.17, 15) is 13.2 Å². The molecule has 0 spiro atoms. The van der Waals surface area contributed by atoms with Crippen LogP contribution < -0.4 is 10.1 Å². The lowest BCUT2D eigenvalue weighted by Gasteiger charge is -2.26. The maximum absolute atomic E-state index is 12.9. The summed E-state index contributed by atoms with van der Waals surface area (Å²) in [6.07, 6.45) is -2.68. The third kappa shape index (κ3) is 2.61. The van der Waals surface area contributed by atoms with Gasteiger partial charge in [0.25, 0.3) is 0 Å². The van der Waals surface area contributed by atoms with E-state index in [2.05, 4.69) is 5.32 Å². The topological polar surface area (TPSA) is 21.3 Å². The fourth-order valence-electron chi connectivity index (χ4n) is 2.46. The normalized spacial score (nSPS) is 17.8. The molecule has 1 fully saturated rings. The van der Waals surface area contributed by atoms with Crippen molar-refractivity contribution >= 4 is 0 Å². The van der Waals surface area contributed by atoms with Gasteiger partial charge in [0.2, 0.25) is 0 Å². The second-order valence-corrected chi connectivity index (χ2v) is 4.45. The molecule has 0 amide bonds. The van der Waals surface area contributed by atoms with Crippen LogP contribution in [0.5, 0.6) is 5.75 Å². The highest BCUT2D eigenvalue weighted by Gasteiger charge is 2.36. The summed E-state index contributed by atoms with van der Waals surface area (Å²) < 4.78 is 43.7. The summed E-state index contributed by atoms with van der Waals surface area (Å²) in [4.78, 5) is 0. The Kier molecular flexibility index (Phi) is 3.80. The van der Waals surface area contributed by atoms with E-state index >= 15 is 0 Å². The number of ether oxygens (including phenoxy) is 1. The number of alkyl halides is 3. The van der Waals surface area contributed by atoms with Gasteiger partial charge >= 0.3 is 6.18 Å². The van der Waals surface area contributed by atoms with Crippen molar-refractivity contribution in [3.05, 3.63) is 29.3 Å². The van der Waals surface area contributed by atoms with Crippen molar-refractivity contribution in [3.63, 3.8) is 0 Å². The van der Waals surface area contributed by atoms with Crippen LogP contribution >= 0.6 is 0 Å². The molecule has 0 unspecified atom stereocenters. The van der Waals surface area contributed by atoms with Crippen molar-refractivity contribution in [2.75, 3.05) is 20.2 Å². The summed E-state index contributed by atoms with van der Waals surface area (Å²) in [6.45, 7) is 1.67. The van der Waals surface area contributed by atoms with E-state index in [-0.39, 0.29) is 11.7 Å². The second kappa shape index (κ2) is 5.18. The molecule has 1 aliphatic rings. The highest BCUT2D eigenvalue weighted by Crippen LogP contribution is 2.42. The molecule has 1 heterocycles. The lowest BCUT2D eigenvalue weighted by molar-refractivity contribution is -0.138. The Balaban J connectivity index is 2.40. The van der Waals surface area contributed by atoms with Gasteiger partial charge in [-0.05, 0) is 43.5 Å². The van der Waals surface area contributed by atoms with Gasteiger partial charge in [-0.1, -0.05) is 12.1 Å². The van der Waals surface area contributed by atoms with Gasteiger partial charge in [0, 0.05) is 0 Å². The summed E-state index contributed by atoms with van der Waals surface area (Å²) in [5.74, 6) is 0.125. The van der Waals surface area contributed by atoms with Crippen LogP contribution in [-0.4, -0.2) is 20.2 Å². The molecule has 0 atom stereocenters. The van der Waals surface area contributed by atoms with Crippen LogP contribution in [0.15, 0.2) is 18.2 Å². The Morgan fingerprint density at radius 2 is 1.89 bits per heavy atom. The molecule has 1 aromatic carbocycles. The van der Waals surface area contributed by atoms with E-state index in [1.807, 2.05) is 0 Å². The minimum absolute atomic E-state index is 0.0168. The van der Waals surface area contributed by atoms with Crippen molar-refractivity contribution in [1.82, 2.24) is 5.32 Å². The molecule has 1 aromatic rings. The van der Waals surface area contributed by atoms with Crippen LogP contribution in [0.2, 0.25) is 0 Å². The SMILES string of the molecule is COc1c(C2CCNCC2)cccc1C(F)(F)F. The van der Waals surface area contributed by atoms with E-state index in [4.69, 9.17) is 4.74 Å². The molecule has 1 saturated heterocycles. The van der Waals surface area contributed by atoms with Crippen molar-refractivity contribution in [2.45, 2.75) is 24.9 Å². The average Bonchev–Trinajstić information content (AvgIpc) is 2.37. The Morgan fingerprint density at radius 3 is 2.44 bits per heavy atom. The van der Waals surface area contributed by atoms with Gasteiger partial charge in [0.1, 0.15) is 5.75 Å². The van der Waals surface area contributed by atoms with E-state index in [1.165, 1.54) is 13.2 Å². The predicted octanol–water partition coefficient (Wildman–Crippen LogP) is 3.18. The monoisotopic (exact) mass is 259 g/mol. The Morgan fingerprint density at radius 1 is 1.22 bits per heavy atom. The number of halogens is 3. The van der Waals surface area contributed by atoms with Crippen molar-refractivity contribution < 1.29 is 17.9 Å². The fraction of sp³-hybridized carbons (Fsp3) is 0.538. The molecular formula is C13H16F3NO. The molecule has 2 rings (SSSR count). The molecular weight excluding hydrogens is 243 g/mol. The van der Waals surface area contributed by atoms with Gasteiger partial charge in [-0.3, -0.25) is 0 Å². The number of nitrogens with one attached hydrogen (secondary N) is 1. The number of rotatable bonds is 2. The Labute approximate surface area is 104 Å². The first-order chi connectivity index (χ1) is 8.54. The summed E-state index contributed by atoms with van der Waals surface area (Å²) in [5, 5.41) is 3.20. The van der Waals surface area contributed by atoms with Crippen LogP contribution in [0.3, 0.4) is 0 Å². The third-order valence-corrected chi connectivity index (χ3v) is 3.33. The molecule has 0 radical (unpaired) electrons. The lowest BCUT2D eigenvalue weighted by atomic mass is 9.88. The molecule has 1 aliphatic heterocycles. The molecule has 0 saturated carbocycles. The van der Waals surface area contributed by atoms with Crippen LogP contribution in [-0.2, 0) is 6.18 Å². The van der Waals surface area contributed by atoms with Crippen molar-refractivity contribution in [2.24, 2.45) is 0 Å². The minimum Gasteiger partial charge on any atom is -0.496 e. The van der Waals surface area contributed by atoms with Crippen molar-refractivity contribution in [3.8, 4) is 5.75 Å². The molecule has 100 valence electrons. The van der Waals surface area contributed by atoms with Crippen LogP contribution in [0.1, 0.15) is 29.9 Å². The zero-order chi connectivity index (χ0) is 13.2. The number of piperidine rings is 1. The van der Waals surface area contributed by atoms with E-state index < -0.39 is 11.7 Å². The third-order valence-electron chi connectivity index (χ3n) is 3.33. The first-order valence-electron chi connectivity index (χ1n) is 5.99. The van der Waals surface area contributed by atoms with E-state index in [0.29, 0.717) is 5.56 Å². The van der Waals surface area contributed by atoms with Crippen LogP contribution in [0, 0.1) is 0 Å². The average molecular weight is 259 g/mol. The predicted molar refractivity (Wildman–Crippen MR) is 62.8 cm³/mol. The lowest BCUT2D eigenvalue weighted by Crippen LogP contribution is -2.27. The standard InChI is InChI=1S/C13H16F3NO/c1-18-12-10(9-5-7-17-8-6-9)3-2-4-11(12)13(14,15)16/h2-4,9,17H,5-8H2,1H3. The number of benzene rings is 1. The largest absolute Gasteiger partial charge is 0.496 e. The van der Waals surface area contributed by atoms with Gasteiger partial charge in [0.05, 0.1) is 12.7 Å². The van der Waals surface area contributed by atoms with Crippen molar-refractivity contribution in [1.29, 1.82) is 0 Å².